The van der Waals surface area contributed by atoms with Crippen LogP contribution in [0.15, 0.2) is 81.5 Å². The van der Waals surface area contributed by atoms with Gasteiger partial charge in [0.25, 0.3) is 0 Å². The van der Waals surface area contributed by atoms with Gasteiger partial charge < -0.3 is 0 Å². The number of benzene rings is 2. The highest BCUT2D eigenvalue weighted by atomic mass is 35.5. The molecular formula is C25H24ClN3OS. The van der Waals surface area contributed by atoms with Crippen LogP contribution in [0, 0.1) is 5.92 Å². The lowest BCUT2D eigenvalue weighted by Gasteiger charge is -2.31. The summed E-state index contributed by atoms with van der Waals surface area (Å²) in [6.07, 6.45) is 1.18. The first kappa shape index (κ1) is 21.5. The molecule has 0 radical (unpaired) electrons. The summed E-state index contributed by atoms with van der Waals surface area (Å²) in [5, 5.41) is 11.6. The maximum Gasteiger partial charge on any atom is 0.148 e. The molecule has 0 spiro atoms. The molecule has 0 N–H and O–H groups in total. The number of hydrogen-bond donors (Lipinski definition) is 0. The van der Waals surface area contributed by atoms with Crippen LogP contribution >= 0.6 is 22.9 Å². The lowest BCUT2D eigenvalue weighted by Crippen LogP contribution is -2.44. The first-order valence-corrected chi connectivity index (χ1v) is 11.7. The average Bonchev–Trinajstić information content (AvgIpc) is 3.31. The summed E-state index contributed by atoms with van der Waals surface area (Å²) in [4.78, 5) is 18.4. The van der Waals surface area contributed by atoms with Gasteiger partial charge >= 0.3 is 0 Å². The highest BCUT2D eigenvalue weighted by Gasteiger charge is 2.35. The number of hydrazone groups is 1. The van der Waals surface area contributed by atoms with E-state index in [1.807, 2.05) is 65.0 Å². The Morgan fingerprint density at radius 1 is 1.19 bits per heavy atom. The number of aryl methyl sites for hydroxylation is 1. The number of rotatable bonds is 7. The Hall–Kier alpha value is -2.76. The second-order valence-electron chi connectivity index (χ2n) is 7.45. The topological polar surface area (TPSA) is 45.0 Å². The molecule has 0 aliphatic carbocycles. The molecule has 1 unspecified atom stereocenters. The van der Waals surface area contributed by atoms with Crippen molar-refractivity contribution in [3.8, 4) is 0 Å². The zero-order valence-electron chi connectivity index (χ0n) is 17.4. The Bertz CT molecular complexity index is 1090. The summed E-state index contributed by atoms with van der Waals surface area (Å²) >= 11 is 7.83. The number of nitrogens with zero attached hydrogens (tertiary/aromatic N) is 3. The van der Waals surface area contributed by atoms with E-state index >= 15 is 0 Å². The van der Waals surface area contributed by atoms with Crippen LogP contribution < -0.4 is 0 Å². The van der Waals surface area contributed by atoms with Gasteiger partial charge in [0.05, 0.1) is 23.7 Å². The molecule has 0 saturated heterocycles. The molecule has 2 heterocycles. The molecule has 3 aromatic rings. The molecule has 6 heteroatoms. The zero-order chi connectivity index (χ0) is 21.6. The number of thiophene rings is 1. The highest BCUT2D eigenvalue weighted by molar-refractivity contribution is 7.07. The van der Waals surface area contributed by atoms with Crippen LogP contribution in [-0.2, 0) is 11.2 Å². The number of hydrogen-bond acceptors (Lipinski definition) is 5. The van der Waals surface area contributed by atoms with Crippen LogP contribution in [0.5, 0.6) is 0 Å². The van der Waals surface area contributed by atoms with Crippen molar-refractivity contribution in [2.45, 2.75) is 19.8 Å². The van der Waals surface area contributed by atoms with E-state index in [9.17, 15) is 4.79 Å². The Morgan fingerprint density at radius 2 is 2.03 bits per heavy atom. The monoisotopic (exact) mass is 449 g/mol. The first-order chi connectivity index (χ1) is 15.1. The van der Waals surface area contributed by atoms with Crippen molar-refractivity contribution >= 4 is 45.8 Å². The third-order valence-electron chi connectivity index (χ3n) is 5.28. The second kappa shape index (κ2) is 10.0. The summed E-state index contributed by atoms with van der Waals surface area (Å²) in [6, 6.07) is 19.5. The van der Waals surface area contributed by atoms with E-state index in [2.05, 4.69) is 18.4 Å². The van der Waals surface area contributed by atoms with E-state index in [1.54, 1.807) is 11.3 Å². The highest BCUT2D eigenvalue weighted by Crippen LogP contribution is 2.26. The number of carbonyl (C=O) groups excluding carboxylic acids is 1. The minimum Gasteiger partial charge on any atom is -0.299 e. The molecule has 2 aromatic carbocycles. The van der Waals surface area contributed by atoms with Crippen molar-refractivity contribution in [3.63, 3.8) is 0 Å². The summed E-state index contributed by atoms with van der Waals surface area (Å²) < 4.78 is 0. The number of halogens is 1. The summed E-state index contributed by atoms with van der Waals surface area (Å²) in [5.74, 6) is -0.326. The Morgan fingerprint density at radius 3 is 2.74 bits per heavy atom. The standard InChI is InChI=1S/C25H24ClN3OS/c1-2-29-16-22(27-21-10-6-9-20(26)15-21)24(23(30)12-11-18-13-14-31-17-18)25(28-29)19-7-4-3-5-8-19/h3-10,13-15,17,24H,2,11-12,16H2,1H3. The fourth-order valence-corrected chi connectivity index (χ4v) is 4.58. The van der Waals surface area contributed by atoms with Crippen molar-refractivity contribution in [1.82, 2.24) is 5.01 Å². The van der Waals surface area contributed by atoms with Crippen LogP contribution in [0.1, 0.15) is 24.5 Å². The van der Waals surface area contributed by atoms with Crippen LogP contribution in [0.3, 0.4) is 0 Å². The number of ketones is 1. The quantitative estimate of drug-likeness (QED) is 0.442. The molecule has 0 saturated carbocycles. The van der Waals surface area contributed by atoms with E-state index in [-0.39, 0.29) is 5.78 Å². The van der Waals surface area contributed by atoms with Crippen LogP contribution in [0.2, 0.25) is 5.02 Å². The molecule has 1 aromatic heterocycles. The van der Waals surface area contributed by atoms with E-state index in [1.165, 1.54) is 5.56 Å². The average molecular weight is 450 g/mol. The van der Waals surface area contributed by atoms with Crippen molar-refractivity contribution in [1.29, 1.82) is 0 Å². The molecular weight excluding hydrogens is 426 g/mol. The van der Waals surface area contributed by atoms with Gasteiger partial charge in [-0.15, -0.1) is 0 Å². The van der Waals surface area contributed by atoms with E-state index in [0.29, 0.717) is 18.0 Å². The van der Waals surface area contributed by atoms with E-state index in [4.69, 9.17) is 21.7 Å². The maximum atomic E-state index is 13.5. The van der Waals surface area contributed by atoms with Gasteiger partial charge in [-0.25, -0.2) is 0 Å². The predicted octanol–water partition coefficient (Wildman–Crippen LogP) is 6.03. The zero-order valence-corrected chi connectivity index (χ0v) is 18.9. The van der Waals surface area contributed by atoms with Gasteiger partial charge in [-0.3, -0.25) is 14.8 Å². The van der Waals surface area contributed by atoms with Gasteiger partial charge in [0, 0.05) is 18.0 Å². The van der Waals surface area contributed by atoms with E-state index < -0.39 is 5.92 Å². The normalized spacial score (nSPS) is 17.6. The predicted molar refractivity (Wildman–Crippen MR) is 130 cm³/mol. The molecule has 1 aliphatic rings. The Balaban J connectivity index is 1.74. The lowest BCUT2D eigenvalue weighted by molar-refractivity contribution is -0.119. The van der Waals surface area contributed by atoms with Crippen molar-refractivity contribution in [2.75, 3.05) is 13.1 Å². The van der Waals surface area contributed by atoms with Gasteiger partial charge in [-0.1, -0.05) is 48.0 Å². The minimum absolute atomic E-state index is 0.144. The third-order valence-corrected chi connectivity index (χ3v) is 6.25. The third kappa shape index (κ3) is 5.30. The Kier molecular flexibility index (Phi) is 6.95. The molecule has 158 valence electrons. The fourth-order valence-electron chi connectivity index (χ4n) is 3.69. The molecule has 1 atom stereocenters. The van der Waals surface area contributed by atoms with Crippen LogP contribution in [-0.4, -0.2) is 35.3 Å². The van der Waals surface area contributed by atoms with Crippen molar-refractivity contribution in [3.05, 3.63) is 87.6 Å². The molecule has 31 heavy (non-hydrogen) atoms. The van der Waals surface area contributed by atoms with Gasteiger partial charge in [-0.2, -0.15) is 16.4 Å². The number of Topliss-reactive ketones (excluding diaryl/α,β-unsaturated/α-hetero) is 1. The smallest absolute Gasteiger partial charge is 0.148 e. The molecule has 0 bridgehead atoms. The van der Waals surface area contributed by atoms with Gasteiger partial charge in [-0.05, 0) is 59.5 Å². The van der Waals surface area contributed by atoms with Crippen LogP contribution in [0.4, 0.5) is 5.69 Å². The van der Waals surface area contributed by atoms with Crippen molar-refractivity contribution in [2.24, 2.45) is 16.0 Å². The maximum absolute atomic E-state index is 13.5. The second-order valence-corrected chi connectivity index (χ2v) is 8.66. The minimum atomic E-state index is -0.470. The largest absolute Gasteiger partial charge is 0.299 e. The molecule has 4 nitrogen and oxygen atoms in total. The molecule has 0 amide bonds. The first-order valence-electron chi connectivity index (χ1n) is 10.4. The van der Waals surface area contributed by atoms with Gasteiger partial charge in [0.15, 0.2) is 0 Å². The van der Waals surface area contributed by atoms with Crippen molar-refractivity contribution < 1.29 is 4.79 Å². The van der Waals surface area contributed by atoms with Crippen LogP contribution in [0.25, 0.3) is 0 Å². The van der Waals surface area contributed by atoms with E-state index in [0.717, 1.165) is 35.6 Å². The Labute approximate surface area is 191 Å². The molecule has 4 rings (SSSR count). The molecule has 1 aliphatic heterocycles. The summed E-state index contributed by atoms with van der Waals surface area (Å²) in [7, 11) is 0. The summed E-state index contributed by atoms with van der Waals surface area (Å²) in [5.41, 5.74) is 4.48. The fraction of sp³-hybridized carbons (Fsp3) is 0.240. The number of aliphatic imine (C=N–C) groups is 1. The molecule has 0 fully saturated rings. The van der Waals surface area contributed by atoms with Gasteiger partial charge in [0.1, 0.15) is 11.7 Å². The SMILES string of the molecule is CCN1CC(=Nc2cccc(Cl)c2)C(C(=O)CCc2ccsc2)C(c2ccccc2)=N1. The lowest BCUT2D eigenvalue weighted by atomic mass is 9.85. The summed E-state index contributed by atoms with van der Waals surface area (Å²) in [6.45, 7) is 3.32. The number of carbonyl (C=O) groups is 1. The van der Waals surface area contributed by atoms with Gasteiger partial charge in [0.2, 0.25) is 0 Å².